The second-order valence-corrected chi connectivity index (χ2v) is 13.6. The molecular formula is C44H54N8O4. The molecule has 2 aliphatic rings. The van der Waals surface area contributed by atoms with Gasteiger partial charge in [0.2, 0.25) is 0 Å². The molecule has 294 valence electrons. The van der Waals surface area contributed by atoms with Crippen LogP contribution in [0.2, 0.25) is 0 Å². The van der Waals surface area contributed by atoms with Gasteiger partial charge in [-0.15, -0.1) is 0 Å². The lowest BCUT2D eigenvalue weighted by Gasteiger charge is -2.33. The number of piperazine rings is 2. The lowest BCUT2D eigenvalue weighted by molar-refractivity contribution is 0.177. The Kier molecular flexibility index (Phi) is 14.0. The summed E-state index contributed by atoms with van der Waals surface area (Å²) in [7, 11) is 0. The fourth-order valence-corrected chi connectivity index (χ4v) is 7.26. The van der Waals surface area contributed by atoms with Gasteiger partial charge in [-0.2, -0.15) is 0 Å². The number of fused-ring (bicyclic) bond motifs is 2. The van der Waals surface area contributed by atoms with Gasteiger partial charge in [0, 0.05) is 52.4 Å². The molecule has 56 heavy (non-hydrogen) atoms. The number of rotatable bonds is 12. The molecule has 0 bridgehead atoms. The fraction of sp³-hybridized carbons (Fsp3) is 0.364. The number of allylic oxidation sites excluding steroid dienone is 4. The first-order valence-electron chi connectivity index (χ1n) is 19.6. The van der Waals surface area contributed by atoms with Crippen LogP contribution in [0, 0.1) is 0 Å². The van der Waals surface area contributed by atoms with Gasteiger partial charge in [-0.25, -0.2) is 9.97 Å². The maximum atomic E-state index is 13.5. The van der Waals surface area contributed by atoms with Gasteiger partial charge in [0.25, 0.3) is 11.1 Å². The molecule has 5 aromatic rings. The topological polar surface area (TPSA) is 119 Å². The first kappa shape index (κ1) is 40.3. The molecular weight excluding hydrogens is 705 g/mol. The van der Waals surface area contributed by atoms with E-state index in [9.17, 15) is 9.59 Å². The smallest absolute Gasteiger partial charge is 0.266 e. The third-order valence-electron chi connectivity index (χ3n) is 10.0. The Labute approximate surface area is 328 Å². The summed E-state index contributed by atoms with van der Waals surface area (Å²) < 4.78 is 15.0. The summed E-state index contributed by atoms with van der Waals surface area (Å²) in [5.74, 6) is 2.79. The van der Waals surface area contributed by atoms with Crippen LogP contribution in [0.15, 0.2) is 113 Å². The van der Waals surface area contributed by atoms with Crippen molar-refractivity contribution >= 4 is 27.5 Å². The molecule has 0 radical (unpaired) electrons. The van der Waals surface area contributed by atoms with Gasteiger partial charge >= 0.3 is 0 Å². The van der Waals surface area contributed by atoms with E-state index in [1.807, 2.05) is 106 Å². The first-order valence-corrected chi connectivity index (χ1v) is 19.6. The van der Waals surface area contributed by atoms with Crippen molar-refractivity contribution in [1.29, 1.82) is 0 Å². The maximum Gasteiger partial charge on any atom is 0.266 e. The van der Waals surface area contributed by atoms with Crippen molar-refractivity contribution in [1.82, 2.24) is 39.5 Å². The minimum absolute atomic E-state index is 0.00842. The highest BCUT2D eigenvalue weighted by atomic mass is 16.5. The van der Waals surface area contributed by atoms with Crippen LogP contribution < -0.4 is 26.5 Å². The van der Waals surface area contributed by atoms with E-state index in [0.717, 1.165) is 69.4 Å². The van der Waals surface area contributed by atoms with Gasteiger partial charge in [0.1, 0.15) is 23.2 Å². The van der Waals surface area contributed by atoms with E-state index in [1.54, 1.807) is 15.2 Å². The van der Waals surface area contributed by atoms with Crippen LogP contribution in [-0.2, 0) is 11.3 Å². The van der Waals surface area contributed by atoms with Gasteiger partial charge in [-0.3, -0.25) is 28.5 Å². The lowest BCUT2D eigenvalue weighted by Crippen LogP contribution is -2.45. The second-order valence-electron chi connectivity index (χ2n) is 13.6. The highest BCUT2D eigenvalue weighted by Crippen LogP contribution is 2.28. The van der Waals surface area contributed by atoms with E-state index in [1.165, 1.54) is 0 Å². The number of benzene rings is 3. The van der Waals surface area contributed by atoms with Crippen LogP contribution in [0.3, 0.4) is 0 Å². The minimum atomic E-state index is -0.0945. The molecule has 0 spiro atoms. The zero-order chi connectivity index (χ0) is 39.4. The van der Waals surface area contributed by atoms with Crippen molar-refractivity contribution in [2.75, 3.05) is 65.6 Å². The Morgan fingerprint density at radius 2 is 1.43 bits per heavy atom. The number of nitrogens with one attached hydrogen (secondary N) is 2. The molecule has 1 unspecified atom stereocenters. The summed E-state index contributed by atoms with van der Waals surface area (Å²) in [6.07, 6.45) is 5.35. The van der Waals surface area contributed by atoms with E-state index in [-0.39, 0.29) is 17.2 Å². The number of para-hydroxylation sites is 4. The lowest BCUT2D eigenvalue weighted by atomic mass is 10.1. The van der Waals surface area contributed by atoms with Crippen LogP contribution in [0.25, 0.3) is 33.2 Å². The molecule has 4 heterocycles. The van der Waals surface area contributed by atoms with Gasteiger partial charge in [-0.1, -0.05) is 49.1 Å². The third-order valence-corrected chi connectivity index (χ3v) is 10.0. The molecule has 12 heteroatoms. The van der Waals surface area contributed by atoms with E-state index in [4.69, 9.17) is 19.4 Å². The fourth-order valence-electron chi connectivity index (χ4n) is 7.26. The predicted octanol–water partition coefficient (Wildman–Crippen LogP) is 5.52. The zero-order valence-electron chi connectivity index (χ0n) is 33.0. The number of hydrogen-bond acceptors (Lipinski definition) is 10. The summed E-state index contributed by atoms with van der Waals surface area (Å²) in [5, 5.41) is 7.95. The van der Waals surface area contributed by atoms with Crippen molar-refractivity contribution < 1.29 is 9.47 Å². The largest absolute Gasteiger partial charge is 0.492 e. The number of aromatic nitrogens is 4. The van der Waals surface area contributed by atoms with Gasteiger partial charge < -0.3 is 20.1 Å². The van der Waals surface area contributed by atoms with E-state index < -0.39 is 0 Å². The minimum Gasteiger partial charge on any atom is -0.492 e. The molecule has 0 amide bonds. The summed E-state index contributed by atoms with van der Waals surface area (Å²) in [4.78, 5) is 41.5. The first-order chi connectivity index (χ1) is 27.4. The van der Waals surface area contributed by atoms with Crippen LogP contribution >= 0.6 is 0 Å². The highest BCUT2D eigenvalue weighted by molar-refractivity contribution is 5.80. The number of hydrogen-bond donors (Lipinski definition) is 2. The molecule has 2 saturated heterocycles. The third kappa shape index (κ3) is 9.00. The molecule has 2 aliphatic heterocycles. The molecule has 12 nitrogen and oxygen atoms in total. The Bertz CT molecular complexity index is 2300. The van der Waals surface area contributed by atoms with Crippen LogP contribution in [0.4, 0.5) is 0 Å². The van der Waals surface area contributed by atoms with E-state index >= 15 is 0 Å². The monoisotopic (exact) mass is 758 g/mol. The standard InChI is InChI=1S/C22H26N4O2.C22H28N4O2/c1-3-28-20-11-7-6-10-19(20)26-21(16(2)25-14-12-23-13-15-25)24-18-9-5-4-8-17(18)22(26)27;1-4-9-19(20(5-2)28-6-3)26-21(16-25-14-12-23-13-15-25)24-18-11-8-7-10-17(18)22(26)27/h4-11,16,23H,3,12-15H2,1-2H3;4-5,7-11,23H,1,6,12-16H2,2-3H3/b;19-9+,20-5+. The molecule has 3 aromatic carbocycles. The van der Waals surface area contributed by atoms with Crippen molar-refractivity contribution in [3.8, 4) is 11.4 Å². The predicted molar refractivity (Wildman–Crippen MR) is 225 cm³/mol. The van der Waals surface area contributed by atoms with Crippen LogP contribution in [0.1, 0.15) is 45.4 Å². The average molecular weight is 759 g/mol. The summed E-state index contributed by atoms with van der Waals surface area (Å²) in [6, 6.07) is 22.7. The van der Waals surface area contributed by atoms with Crippen molar-refractivity contribution in [2.24, 2.45) is 0 Å². The molecule has 0 saturated carbocycles. The highest BCUT2D eigenvalue weighted by Gasteiger charge is 2.26. The zero-order valence-corrected chi connectivity index (χ0v) is 33.0. The maximum absolute atomic E-state index is 13.5. The number of nitrogens with zero attached hydrogens (tertiary/aromatic N) is 6. The quantitative estimate of drug-likeness (QED) is 0.125. The summed E-state index contributed by atoms with van der Waals surface area (Å²) >= 11 is 0. The average Bonchev–Trinajstić information content (AvgIpc) is 3.23. The normalized spacial score (nSPS) is 16.3. The van der Waals surface area contributed by atoms with Crippen LogP contribution in [-0.4, -0.2) is 94.5 Å². The Morgan fingerprint density at radius 3 is 2.07 bits per heavy atom. The Balaban J connectivity index is 0.000000190. The number of ether oxygens (including phenoxy) is 2. The van der Waals surface area contributed by atoms with E-state index in [2.05, 4.69) is 33.9 Å². The summed E-state index contributed by atoms with van der Waals surface area (Å²) in [6.45, 7) is 20.8. The summed E-state index contributed by atoms with van der Waals surface area (Å²) in [5.41, 5.74) is 2.69. The van der Waals surface area contributed by atoms with Gasteiger partial charge in [0.05, 0.1) is 59.0 Å². The Hall–Kier alpha value is -5.40. The van der Waals surface area contributed by atoms with Crippen molar-refractivity contribution in [3.63, 3.8) is 0 Å². The molecule has 0 aliphatic carbocycles. The van der Waals surface area contributed by atoms with E-state index in [0.29, 0.717) is 59.1 Å². The second kappa shape index (κ2) is 19.5. The van der Waals surface area contributed by atoms with Crippen molar-refractivity contribution in [2.45, 2.75) is 40.3 Å². The molecule has 2 N–H and O–H groups in total. The molecule has 7 rings (SSSR count). The van der Waals surface area contributed by atoms with Crippen LogP contribution in [0.5, 0.6) is 5.75 Å². The van der Waals surface area contributed by atoms with Crippen molar-refractivity contribution in [3.05, 3.63) is 136 Å². The van der Waals surface area contributed by atoms with Gasteiger partial charge in [-0.05, 0) is 76.2 Å². The SMILES string of the molecule is C=C/C=C(\C(=C/C)OCC)n1c(CN2CCNCC2)nc2ccccc2c1=O.CCOc1ccccc1-n1c(C(C)N2CCNCC2)nc2ccccc2c1=O. The molecule has 2 fully saturated rings. The Morgan fingerprint density at radius 1 is 0.821 bits per heavy atom. The van der Waals surface area contributed by atoms with Gasteiger partial charge in [0.15, 0.2) is 0 Å². The molecule has 2 aromatic heterocycles. The molecule has 1 atom stereocenters.